The number of hydrogen-bond donors (Lipinski definition) is 1. The van der Waals surface area contributed by atoms with Crippen molar-refractivity contribution in [2.75, 3.05) is 11.2 Å². The lowest BCUT2D eigenvalue weighted by Gasteiger charge is -2.13. The summed E-state index contributed by atoms with van der Waals surface area (Å²) in [6, 6.07) is 0. The Kier molecular flexibility index (Phi) is 4.65. The molecule has 1 N–H and O–H groups in total. The third kappa shape index (κ3) is 2.76. The molecule has 0 bridgehead atoms. The van der Waals surface area contributed by atoms with Crippen molar-refractivity contribution >= 4 is 34.2 Å². The van der Waals surface area contributed by atoms with Gasteiger partial charge in [0.1, 0.15) is 5.39 Å². The van der Waals surface area contributed by atoms with Gasteiger partial charge in [0, 0.05) is 32.6 Å². The maximum absolute atomic E-state index is 12.4. The van der Waals surface area contributed by atoms with Crippen LogP contribution in [0.15, 0.2) is 15.8 Å². The van der Waals surface area contributed by atoms with Crippen LogP contribution in [0.4, 0.5) is 5.69 Å². The number of hydrogen-bond acceptors (Lipinski definition) is 4. The molecule has 2 aromatic heterocycles. The normalized spacial score (nSPS) is 10.9. The molecule has 0 unspecified atom stereocenters. The van der Waals surface area contributed by atoms with Crippen molar-refractivity contribution in [3.05, 3.63) is 32.6 Å². The van der Waals surface area contributed by atoms with E-state index in [2.05, 4.69) is 10.3 Å². The first-order valence-corrected chi connectivity index (χ1v) is 7.33. The van der Waals surface area contributed by atoms with Gasteiger partial charge >= 0.3 is 5.69 Å². The molecule has 8 heteroatoms. The van der Waals surface area contributed by atoms with Crippen molar-refractivity contribution in [3.8, 4) is 0 Å². The van der Waals surface area contributed by atoms with E-state index in [-0.39, 0.29) is 23.4 Å². The van der Waals surface area contributed by atoms with Crippen molar-refractivity contribution < 1.29 is 4.79 Å². The standard InChI is InChI=1S/C14H17ClN4O3/c1-8-7-16-12-10(11(8)17-9(20)5-4-6-15)13(21)19(3)14(22)18(12)2/h7H,4-6H2,1-3H3,(H,16,17,20). The molecule has 0 atom stereocenters. The highest BCUT2D eigenvalue weighted by Crippen LogP contribution is 2.21. The molecule has 0 radical (unpaired) electrons. The Hall–Kier alpha value is -2.15. The number of aryl methyl sites for hydroxylation is 2. The van der Waals surface area contributed by atoms with Crippen molar-refractivity contribution in [2.24, 2.45) is 14.1 Å². The molecular formula is C14H17ClN4O3. The Balaban J connectivity index is 2.68. The predicted octanol–water partition coefficient (Wildman–Crippen LogP) is 0.898. The molecule has 0 aromatic carbocycles. The van der Waals surface area contributed by atoms with Gasteiger partial charge in [-0.25, -0.2) is 9.78 Å². The third-order valence-corrected chi connectivity index (χ3v) is 3.73. The topological polar surface area (TPSA) is 86.0 Å². The zero-order chi connectivity index (χ0) is 16.4. The van der Waals surface area contributed by atoms with Crippen LogP contribution in [-0.2, 0) is 18.9 Å². The molecule has 0 saturated carbocycles. The van der Waals surface area contributed by atoms with Gasteiger partial charge in [-0.2, -0.15) is 0 Å². The van der Waals surface area contributed by atoms with E-state index < -0.39 is 11.2 Å². The minimum absolute atomic E-state index is 0.226. The monoisotopic (exact) mass is 324 g/mol. The number of alkyl halides is 1. The van der Waals surface area contributed by atoms with Gasteiger partial charge in [0.25, 0.3) is 5.56 Å². The first-order chi connectivity index (χ1) is 10.4. The number of anilines is 1. The fourth-order valence-electron chi connectivity index (χ4n) is 2.21. The van der Waals surface area contributed by atoms with E-state index >= 15 is 0 Å². The SMILES string of the molecule is Cc1cnc2c(c1NC(=O)CCCCl)c(=O)n(C)c(=O)n2C. The number of aromatic nitrogens is 3. The number of nitrogens with one attached hydrogen (secondary N) is 1. The van der Waals surface area contributed by atoms with Gasteiger partial charge in [-0.1, -0.05) is 0 Å². The second kappa shape index (κ2) is 6.31. The predicted molar refractivity (Wildman–Crippen MR) is 85.5 cm³/mol. The number of carbonyl (C=O) groups excluding carboxylic acids is 1. The number of rotatable bonds is 4. The van der Waals surface area contributed by atoms with Gasteiger partial charge in [-0.05, 0) is 18.9 Å². The van der Waals surface area contributed by atoms with Crippen LogP contribution in [0.1, 0.15) is 18.4 Å². The van der Waals surface area contributed by atoms with Crippen LogP contribution in [0, 0.1) is 6.92 Å². The molecule has 0 saturated heterocycles. The van der Waals surface area contributed by atoms with Crippen molar-refractivity contribution in [1.29, 1.82) is 0 Å². The van der Waals surface area contributed by atoms with Crippen LogP contribution >= 0.6 is 11.6 Å². The molecule has 0 spiro atoms. The highest BCUT2D eigenvalue weighted by Gasteiger charge is 2.17. The maximum atomic E-state index is 12.4. The number of carbonyl (C=O) groups is 1. The number of nitrogens with zero attached hydrogens (tertiary/aromatic N) is 3. The van der Waals surface area contributed by atoms with E-state index in [9.17, 15) is 14.4 Å². The van der Waals surface area contributed by atoms with Gasteiger partial charge < -0.3 is 5.32 Å². The summed E-state index contributed by atoms with van der Waals surface area (Å²) >= 11 is 5.58. The van der Waals surface area contributed by atoms with Gasteiger partial charge in [0.05, 0.1) is 5.69 Å². The first-order valence-electron chi connectivity index (χ1n) is 6.79. The summed E-state index contributed by atoms with van der Waals surface area (Å²) in [6.45, 7) is 1.74. The number of pyridine rings is 1. The van der Waals surface area contributed by atoms with E-state index in [4.69, 9.17) is 11.6 Å². The highest BCUT2D eigenvalue weighted by molar-refractivity contribution is 6.18. The van der Waals surface area contributed by atoms with E-state index in [1.807, 2.05) is 0 Å². The number of fused-ring (bicyclic) bond motifs is 1. The molecule has 2 rings (SSSR count). The average Bonchev–Trinajstić information content (AvgIpc) is 2.50. The lowest BCUT2D eigenvalue weighted by molar-refractivity contribution is -0.116. The van der Waals surface area contributed by atoms with Crippen LogP contribution in [0.2, 0.25) is 0 Å². The summed E-state index contributed by atoms with van der Waals surface area (Å²) in [6.07, 6.45) is 2.34. The van der Waals surface area contributed by atoms with Crippen LogP contribution in [-0.4, -0.2) is 25.9 Å². The lowest BCUT2D eigenvalue weighted by atomic mass is 10.1. The van der Waals surface area contributed by atoms with E-state index in [0.29, 0.717) is 23.6 Å². The summed E-state index contributed by atoms with van der Waals surface area (Å²) in [5, 5.41) is 2.96. The van der Waals surface area contributed by atoms with Gasteiger partial charge in [-0.3, -0.25) is 18.7 Å². The van der Waals surface area contributed by atoms with E-state index in [0.717, 1.165) is 4.57 Å². The molecular weight excluding hydrogens is 308 g/mol. The molecule has 0 aliphatic rings. The summed E-state index contributed by atoms with van der Waals surface area (Å²) < 4.78 is 2.28. The van der Waals surface area contributed by atoms with Gasteiger partial charge in [0.15, 0.2) is 5.65 Å². The molecule has 22 heavy (non-hydrogen) atoms. The molecule has 7 nitrogen and oxygen atoms in total. The average molecular weight is 325 g/mol. The van der Waals surface area contributed by atoms with Crippen LogP contribution in [0.5, 0.6) is 0 Å². The lowest BCUT2D eigenvalue weighted by Crippen LogP contribution is -2.37. The van der Waals surface area contributed by atoms with Gasteiger partial charge in [-0.15, -0.1) is 11.6 Å². The van der Waals surface area contributed by atoms with Crippen LogP contribution in [0.3, 0.4) is 0 Å². The van der Waals surface area contributed by atoms with E-state index in [1.165, 1.54) is 24.9 Å². The quantitative estimate of drug-likeness (QED) is 0.847. The van der Waals surface area contributed by atoms with Gasteiger partial charge in [0.2, 0.25) is 5.91 Å². The molecule has 0 aliphatic heterocycles. The molecule has 0 fully saturated rings. The maximum Gasteiger partial charge on any atom is 0.332 e. The van der Waals surface area contributed by atoms with Crippen molar-refractivity contribution in [2.45, 2.75) is 19.8 Å². The second-order valence-electron chi connectivity index (χ2n) is 5.06. The highest BCUT2D eigenvalue weighted by atomic mass is 35.5. The molecule has 0 aliphatic carbocycles. The zero-order valence-corrected chi connectivity index (χ0v) is 13.4. The summed E-state index contributed by atoms with van der Waals surface area (Å²) in [7, 11) is 2.93. The first kappa shape index (κ1) is 16.2. The Morgan fingerprint density at radius 3 is 2.64 bits per heavy atom. The molecule has 1 amide bonds. The zero-order valence-electron chi connectivity index (χ0n) is 12.6. The van der Waals surface area contributed by atoms with Crippen LogP contribution in [0.25, 0.3) is 11.0 Å². The Labute approximate surface area is 131 Å². The molecule has 2 aromatic rings. The summed E-state index contributed by atoms with van der Waals surface area (Å²) in [5.74, 6) is 0.159. The minimum Gasteiger partial charge on any atom is -0.325 e. The third-order valence-electron chi connectivity index (χ3n) is 3.46. The fourth-order valence-corrected chi connectivity index (χ4v) is 2.35. The molecule has 118 valence electrons. The van der Waals surface area contributed by atoms with Crippen LogP contribution < -0.4 is 16.6 Å². The van der Waals surface area contributed by atoms with Crippen molar-refractivity contribution in [3.63, 3.8) is 0 Å². The largest absolute Gasteiger partial charge is 0.332 e. The Bertz CT molecular complexity index is 854. The molecule has 2 heterocycles. The number of amides is 1. The summed E-state index contributed by atoms with van der Waals surface area (Å²) in [4.78, 5) is 40.5. The van der Waals surface area contributed by atoms with E-state index in [1.54, 1.807) is 6.92 Å². The second-order valence-corrected chi connectivity index (χ2v) is 5.44. The van der Waals surface area contributed by atoms with Crippen molar-refractivity contribution in [1.82, 2.24) is 14.1 Å². The number of halogens is 1. The minimum atomic E-state index is -0.484. The Morgan fingerprint density at radius 1 is 1.32 bits per heavy atom. The fraction of sp³-hybridized carbons (Fsp3) is 0.429. The Morgan fingerprint density at radius 2 is 2.00 bits per heavy atom. The summed E-state index contributed by atoms with van der Waals surface area (Å²) in [5.41, 5.74) is 0.338. The smallest absolute Gasteiger partial charge is 0.325 e.